The third-order valence-corrected chi connectivity index (χ3v) is 6.82. The summed E-state index contributed by atoms with van der Waals surface area (Å²) in [6, 6.07) is 6.35. The SMILES string of the molecule is COC(=O)c1ccc(C(=O)NC2CCCC2)c2c(C(C)=O)ccc(C(=O)NC3CCCC3)c12. The van der Waals surface area contributed by atoms with E-state index in [0.29, 0.717) is 10.9 Å². The molecule has 2 aromatic rings. The van der Waals surface area contributed by atoms with Crippen LogP contribution in [0.3, 0.4) is 0 Å². The van der Waals surface area contributed by atoms with Crippen LogP contribution in [0.5, 0.6) is 0 Å². The van der Waals surface area contributed by atoms with Gasteiger partial charge in [-0.05, 0) is 56.9 Å². The first-order valence-electron chi connectivity index (χ1n) is 11.7. The second-order valence-corrected chi connectivity index (χ2v) is 9.03. The first-order valence-corrected chi connectivity index (χ1v) is 11.7. The lowest BCUT2D eigenvalue weighted by atomic mass is 9.89. The monoisotopic (exact) mass is 450 g/mol. The van der Waals surface area contributed by atoms with E-state index in [-0.39, 0.29) is 51.8 Å². The first kappa shape index (κ1) is 23.0. The lowest BCUT2D eigenvalue weighted by molar-refractivity contribution is 0.0602. The van der Waals surface area contributed by atoms with Crippen molar-refractivity contribution in [2.45, 2.75) is 70.4 Å². The molecule has 2 aliphatic rings. The van der Waals surface area contributed by atoms with E-state index < -0.39 is 5.97 Å². The lowest BCUT2D eigenvalue weighted by Gasteiger charge is -2.19. The van der Waals surface area contributed by atoms with E-state index >= 15 is 0 Å². The molecule has 2 N–H and O–H groups in total. The molecule has 0 unspecified atom stereocenters. The standard InChI is InChI=1S/C26H30N2O5/c1-15(29)18-11-12-20(25(31)28-17-9-5-6-10-17)23-21(26(32)33-2)14-13-19(22(18)23)24(30)27-16-7-3-4-8-16/h11-14,16-17H,3-10H2,1-2H3,(H,27,30)(H,28,31). The highest BCUT2D eigenvalue weighted by molar-refractivity contribution is 6.24. The zero-order chi connectivity index (χ0) is 23.5. The molecule has 0 radical (unpaired) electrons. The molecular weight excluding hydrogens is 420 g/mol. The molecule has 2 aromatic carbocycles. The molecule has 2 saturated carbocycles. The van der Waals surface area contributed by atoms with E-state index in [1.54, 1.807) is 18.2 Å². The van der Waals surface area contributed by atoms with Gasteiger partial charge in [0.1, 0.15) is 0 Å². The second-order valence-electron chi connectivity index (χ2n) is 9.03. The van der Waals surface area contributed by atoms with Crippen LogP contribution in [0.4, 0.5) is 0 Å². The Morgan fingerprint density at radius 1 is 0.697 bits per heavy atom. The summed E-state index contributed by atoms with van der Waals surface area (Å²) in [4.78, 5) is 51.7. The maximum Gasteiger partial charge on any atom is 0.338 e. The van der Waals surface area contributed by atoms with Gasteiger partial charge >= 0.3 is 5.97 Å². The van der Waals surface area contributed by atoms with Crippen LogP contribution in [-0.2, 0) is 4.74 Å². The van der Waals surface area contributed by atoms with E-state index in [1.165, 1.54) is 20.1 Å². The number of Topliss-reactive ketones (excluding diaryl/α,β-unsaturated/α-hetero) is 1. The predicted octanol–water partition coefficient (Wildman–Crippen LogP) is 4.17. The van der Waals surface area contributed by atoms with E-state index in [2.05, 4.69) is 10.6 Å². The fraction of sp³-hybridized carbons (Fsp3) is 0.462. The second kappa shape index (κ2) is 9.73. The highest BCUT2D eigenvalue weighted by atomic mass is 16.5. The predicted molar refractivity (Wildman–Crippen MR) is 125 cm³/mol. The maximum absolute atomic E-state index is 13.3. The number of carbonyl (C=O) groups excluding carboxylic acids is 4. The van der Waals surface area contributed by atoms with Crippen molar-refractivity contribution in [3.63, 3.8) is 0 Å². The fourth-order valence-corrected chi connectivity index (χ4v) is 5.11. The minimum absolute atomic E-state index is 0.0791. The van der Waals surface area contributed by atoms with Crippen molar-refractivity contribution in [1.82, 2.24) is 10.6 Å². The van der Waals surface area contributed by atoms with Crippen LogP contribution in [0.15, 0.2) is 24.3 Å². The van der Waals surface area contributed by atoms with Gasteiger partial charge in [-0.25, -0.2) is 4.79 Å². The molecule has 0 aromatic heterocycles. The smallest absolute Gasteiger partial charge is 0.338 e. The summed E-state index contributed by atoms with van der Waals surface area (Å²) >= 11 is 0. The summed E-state index contributed by atoms with van der Waals surface area (Å²) in [6.07, 6.45) is 7.91. The Balaban J connectivity index is 1.89. The van der Waals surface area contributed by atoms with Gasteiger partial charge in [0, 0.05) is 39.5 Å². The van der Waals surface area contributed by atoms with Crippen molar-refractivity contribution in [2.24, 2.45) is 0 Å². The average molecular weight is 451 g/mol. The van der Waals surface area contributed by atoms with Gasteiger partial charge in [0.05, 0.1) is 12.7 Å². The molecule has 0 atom stereocenters. The molecule has 0 saturated heterocycles. The number of hydrogen-bond acceptors (Lipinski definition) is 5. The number of esters is 1. The number of rotatable bonds is 6. The maximum atomic E-state index is 13.3. The van der Waals surface area contributed by atoms with E-state index in [4.69, 9.17) is 4.74 Å². The number of ketones is 1. The molecule has 2 amide bonds. The van der Waals surface area contributed by atoms with Gasteiger partial charge in [-0.1, -0.05) is 25.7 Å². The van der Waals surface area contributed by atoms with Crippen LogP contribution in [0, 0.1) is 0 Å². The Morgan fingerprint density at radius 3 is 1.52 bits per heavy atom. The van der Waals surface area contributed by atoms with Crippen molar-refractivity contribution in [3.05, 3.63) is 46.5 Å². The summed E-state index contributed by atoms with van der Waals surface area (Å²) in [7, 11) is 1.27. The molecular formula is C26H30N2O5. The lowest BCUT2D eigenvalue weighted by Crippen LogP contribution is -2.34. The van der Waals surface area contributed by atoms with Crippen LogP contribution < -0.4 is 10.6 Å². The minimum Gasteiger partial charge on any atom is -0.465 e. The molecule has 33 heavy (non-hydrogen) atoms. The number of benzene rings is 2. The summed E-state index contributed by atoms with van der Waals surface area (Å²) in [5.74, 6) is -1.50. The molecule has 0 bridgehead atoms. The number of carbonyl (C=O) groups is 4. The van der Waals surface area contributed by atoms with Crippen molar-refractivity contribution in [3.8, 4) is 0 Å². The Hall–Kier alpha value is -3.22. The van der Waals surface area contributed by atoms with E-state index in [1.807, 2.05) is 0 Å². The number of nitrogens with one attached hydrogen (secondary N) is 2. The van der Waals surface area contributed by atoms with Gasteiger partial charge in [0.25, 0.3) is 11.8 Å². The Kier molecular flexibility index (Phi) is 6.77. The van der Waals surface area contributed by atoms with Gasteiger partial charge < -0.3 is 15.4 Å². The first-order chi connectivity index (χ1) is 15.9. The van der Waals surface area contributed by atoms with Gasteiger partial charge in [0.15, 0.2) is 5.78 Å². The number of methoxy groups -OCH3 is 1. The van der Waals surface area contributed by atoms with Gasteiger partial charge in [-0.15, -0.1) is 0 Å². The van der Waals surface area contributed by atoms with Crippen molar-refractivity contribution in [1.29, 1.82) is 0 Å². The zero-order valence-corrected chi connectivity index (χ0v) is 19.2. The molecule has 7 heteroatoms. The third kappa shape index (κ3) is 4.63. The molecule has 2 aliphatic carbocycles. The van der Waals surface area contributed by atoms with Gasteiger partial charge in [0.2, 0.25) is 0 Å². The van der Waals surface area contributed by atoms with Crippen LogP contribution in [0.2, 0.25) is 0 Å². The van der Waals surface area contributed by atoms with Gasteiger partial charge in [-0.2, -0.15) is 0 Å². The highest BCUT2D eigenvalue weighted by Gasteiger charge is 2.27. The Bertz CT molecular complexity index is 1110. The van der Waals surface area contributed by atoms with Crippen LogP contribution in [0.25, 0.3) is 10.8 Å². The minimum atomic E-state index is -0.627. The number of fused-ring (bicyclic) bond motifs is 1. The van der Waals surface area contributed by atoms with Crippen molar-refractivity contribution < 1.29 is 23.9 Å². The summed E-state index contributed by atoms with van der Waals surface area (Å²) < 4.78 is 4.96. The van der Waals surface area contributed by atoms with Crippen LogP contribution in [-0.4, -0.2) is 42.8 Å². The molecule has 0 heterocycles. The van der Waals surface area contributed by atoms with E-state index in [9.17, 15) is 19.2 Å². The molecule has 7 nitrogen and oxygen atoms in total. The molecule has 2 fully saturated rings. The average Bonchev–Trinajstić information content (AvgIpc) is 3.51. The summed E-state index contributed by atoms with van der Waals surface area (Å²) in [6.45, 7) is 1.41. The van der Waals surface area contributed by atoms with Crippen molar-refractivity contribution in [2.75, 3.05) is 7.11 Å². The third-order valence-electron chi connectivity index (χ3n) is 6.82. The Labute approximate surface area is 193 Å². The number of amides is 2. The highest BCUT2D eigenvalue weighted by Crippen LogP contribution is 2.32. The molecule has 0 aliphatic heterocycles. The van der Waals surface area contributed by atoms with Gasteiger partial charge in [-0.3, -0.25) is 14.4 Å². The molecule has 174 valence electrons. The quantitative estimate of drug-likeness (QED) is 0.508. The summed E-state index contributed by atoms with van der Waals surface area (Å²) in [5, 5.41) is 6.71. The molecule has 0 spiro atoms. The van der Waals surface area contributed by atoms with Crippen LogP contribution in [0.1, 0.15) is 99.7 Å². The normalized spacial score (nSPS) is 16.7. The number of hydrogen-bond donors (Lipinski definition) is 2. The molecule has 4 rings (SSSR count). The fourth-order valence-electron chi connectivity index (χ4n) is 5.11. The summed E-state index contributed by atoms with van der Waals surface area (Å²) in [5.41, 5.74) is 0.998. The topological polar surface area (TPSA) is 102 Å². The largest absolute Gasteiger partial charge is 0.465 e. The zero-order valence-electron chi connectivity index (χ0n) is 19.2. The number of ether oxygens (including phenoxy) is 1. The van der Waals surface area contributed by atoms with E-state index in [0.717, 1.165) is 51.4 Å². The Morgan fingerprint density at radius 2 is 1.09 bits per heavy atom. The van der Waals surface area contributed by atoms with Crippen LogP contribution >= 0.6 is 0 Å². The van der Waals surface area contributed by atoms with Crippen molar-refractivity contribution >= 4 is 34.3 Å².